The maximum atomic E-state index is 15.3. The molecule has 0 heterocycles. The summed E-state index contributed by atoms with van der Waals surface area (Å²) in [5.74, 6) is -2.10. The summed E-state index contributed by atoms with van der Waals surface area (Å²) in [6, 6.07) is 13.8. The molecule has 212 valence electrons. The van der Waals surface area contributed by atoms with Gasteiger partial charge >= 0.3 is 6.18 Å². The predicted molar refractivity (Wildman–Crippen MR) is 153 cm³/mol. The molecule has 0 amide bonds. The Kier molecular flexibility index (Phi) is 7.13. The number of hydrogen-bond donors (Lipinski definition) is 0. The topological polar surface area (TPSA) is 84.4 Å². The monoisotopic (exact) mass is 598 g/mol. The number of allylic oxidation sites excluding steroid dienone is 7. The highest BCUT2D eigenvalue weighted by Crippen LogP contribution is 2.55. The van der Waals surface area contributed by atoms with Crippen molar-refractivity contribution in [2.75, 3.05) is 0 Å². The number of nitrogens with zero attached hydrogens (tertiary/aromatic N) is 6. The Labute approximate surface area is 252 Å². The molecule has 11 heteroatoms. The van der Waals surface area contributed by atoms with Crippen molar-refractivity contribution in [2.45, 2.75) is 13.1 Å². The molecule has 2 aliphatic carbocycles. The lowest BCUT2D eigenvalue weighted by atomic mass is 9.90. The van der Waals surface area contributed by atoms with Gasteiger partial charge in [0.1, 0.15) is 17.7 Å². The van der Waals surface area contributed by atoms with Gasteiger partial charge < -0.3 is 0 Å². The first kappa shape index (κ1) is 29.7. The van der Waals surface area contributed by atoms with Crippen molar-refractivity contribution in [3.8, 4) is 18.2 Å². The average molecular weight is 598 g/mol. The second-order valence-corrected chi connectivity index (χ2v) is 9.71. The molecular weight excluding hydrogens is 587 g/mol. The molecule has 0 aliphatic heterocycles. The highest BCUT2D eigenvalue weighted by Gasteiger charge is 2.39. The number of aryl methyl sites for hydroxylation is 1. The van der Waals surface area contributed by atoms with Crippen molar-refractivity contribution in [3.63, 3.8) is 0 Å². The van der Waals surface area contributed by atoms with Crippen molar-refractivity contribution in [3.05, 3.63) is 150 Å². The van der Waals surface area contributed by atoms with Gasteiger partial charge in [0.05, 0.1) is 43.0 Å². The number of benzene rings is 3. The van der Waals surface area contributed by atoms with Crippen LogP contribution in [-0.4, -0.2) is 0 Å². The van der Waals surface area contributed by atoms with Crippen LogP contribution < -0.4 is 0 Å². The Hall–Kier alpha value is -6.79. The summed E-state index contributed by atoms with van der Waals surface area (Å²) >= 11 is 0. The van der Waals surface area contributed by atoms with Gasteiger partial charge in [-0.1, -0.05) is 24.3 Å². The van der Waals surface area contributed by atoms with E-state index in [1.807, 2.05) is 6.07 Å². The highest BCUT2D eigenvalue weighted by atomic mass is 19.4. The Bertz CT molecular complexity index is 2260. The largest absolute Gasteiger partial charge is 0.416 e. The molecular formula is C34H11F5N6. The number of alkyl halides is 3. The van der Waals surface area contributed by atoms with Gasteiger partial charge in [0, 0.05) is 22.3 Å². The molecule has 0 unspecified atom stereocenters. The van der Waals surface area contributed by atoms with Gasteiger partial charge in [-0.2, -0.15) is 18.4 Å². The zero-order valence-corrected chi connectivity index (χ0v) is 22.7. The van der Waals surface area contributed by atoms with Gasteiger partial charge in [-0.15, -0.1) is 0 Å². The van der Waals surface area contributed by atoms with Crippen LogP contribution in [0.5, 0.6) is 0 Å². The summed E-state index contributed by atoms with van der Waals surface area (Å²) in [6.07, 6.45) is -4.88. The molecule has 3 aromatic carbocycles. The number of rotatable bonds is 2. The summed E-state index contributed by atoms with van der Waals surface area (Å²) in [4.78, 5) is 10.1. The van der Waals surface area contributed by atoms with Crippen LogP contribution in [0.25, 0.3) is 48.1 Å². The van der Waals surface area contributed by atoms with Gasteiger partial charge in [-0.3, -0.25) is 0 Å². The Morgan fingerprint density at radius 2 is 1.22 bits per heavy atom. The standard InChI is InChI=1S/C34H11F5N6/c1-16-5-7-19(25(35)9-16)32-31(28(15-42)44-3)22-12-21-20(11-23(22)33(32)45-4)24(13-40)29(30(21)27(14-41)43-2)18-8-6-17(10-26(18)36)34(37,38)39/h5-12H,1H3/b30-27+,31-28?. The van der Waals surface area contributed by atoms with Gasteiger partial charge in [0.15, 0.2) is 0 Å². The maximum Gasteiger partial charge on any atom is 0.416 e. The predicted octanol–water partition coefficient (Wildman–Crippen LogP) is 8.85. The van der Waals surface area contributed by atoms with E-state index in [1.54, 1.807) is 25.1 Å². The van der Waals surface area contributed by atoms with E-state index in [0.717, 1.165) is 6.07 Å². The highest BCUT2D eigenvalue weighted by molar-refractivity contribution is 6.29. The summed E-state index contributed by atoms with van der Waals surface area (Å²) in [6.45, 7) is 24.8. The number of hydrogen-bond acceptors (Lipinski definition) is 3. The summed E-state index contributed by atoms with van der Waals surface area (Å²) in [5.41, 5.74) is -3.42. The second-order valence-electron chi connectivity index (χ2n) is 9.71. The summed E-state index contributed by atoms with van der Waals surface area (Å²) in [7, 11) is 0. The third-order valence-electron chi connectivity index (χ3n) is 7.30. The molecule has 0 fully saturated rings. The van der Waals surface area contributed by atoms with E-state index in [4.69, 9.17) is 19.7 Å². The smallest absolute Gasteiger partial charge is 0.237 e. The van der Waals surface area contributed by atoms with Crippen LogP contribution in [-0.2, 0) is 6.18 Å². The molecule has 0 radical (unpaired) electrons. The SMILES string of the molecule is [C-]#[N+]C(C#N)=C1C(c2ccc(C)cc2F)=C([N+]#[C-])c2cc3c(cc21)/C(=C(/C#N)[N+]#[C-])C(c1ccc(C(F)(F)F)cc1F)=C3C#N. The molecule has 2 aliphatic rings. The van der Waals surface area contributed by atoms with Gasteiger partial charge in [-0.05, 0) is 70.2 Å². The molecule has 45 heavy (non-hydrogen) atoms. The van der Waals surface area contributed by atoms with E-state index >= 15 is 8.78 Å². The normalized spacial score (nSPS) is 15.6. The molecule has 0 spiro atoms. The lowest BCUT2D eigenvalue weighted by molar-refractivity contribution is -0.137. The van der Waals surface area contributed by atoms with Crippen molar-refractivity contribution in [1.82, 2.24) is 0 Å². The quantitative estimate of drug-likeness (QED) is 0.168. The summed E-state index contributed by atoms with van der Waals surface area (Å²) in [5, 5.41) is 29.9. The average Bonchev–Trinajstić information content (AvgIpc) is 3.48. The third-order valence-corrected chi connectivity index (χ3v) is 7.30. The van der Waals surface area contributed by atoms with Crippen LogP contribution in [0.2, 0.25) is 0 Å². The fraction of sp³-hybridized carbons (Fsp3) is 0.0588. The van der Waals surface area contributed by atoms with Gasteiger partial charge in [-0.25, -0.2) is 33.8 Å². The second kappa shape index (κ2) is 10.8. The molecule has 0 saturated heterocycles. The van der Waals surface area contributed by atoms with Crippen molar-refractivity contribution in [1.29, 1.82) is 15.8 Å². The first-order chi connectivity index (χ1) is 21.4. The van der Waals surface area contributed by atoms with Crippen molar-refractivity contribution in [2.24, 2.45) is 0 Å². The van der Waals surface area contributed by atoms with E-state index in [-0.39, 0.29) is 67.4 Å². The summed E-state index contributed by atoms with van der Waals surface area (Å²) < 4.78 is 70.5. The zero-order chi connectivity index (χ0) is 32.8. The number of halogens is 5. The Morgan fingerprint density at radius 3 is 1.73 bits per heavy atom. The third kappa shape index (κ3) is 4.50. The van der Waals surface area contributed by atoms with E-state index in [0.29, 0.717) is 11.6 Å². The Balaban J connectivity index is 1.93. The van der Waals surface area contributed by atoms with Crippen LogP contribution >= 0.6 is 0 Å². The molecule has 0 saturated carbocycles. The Morgan fingerprint density at radius 1 is 0.689 bits per heavy atom. The van der Waals surface area contributed by atoms with Gasteiger partial charge in [0.25, 0.3) is 11.4 Å². The van der Waals surface area contributed by atoms with E-state index in [2.05, 4.69) is 14.5 Å². The minimum Gasteiger partial charge on any atom is -0.237 e. The van der Waals surface area contributed by atoms with Crippen molar-refractivity contribution < 1.29 is 22.0 Å². The first-order valence-electron chi connectivity index (χ1n) is 12.6. The fourth-order valence-electron chi connectivity index (χ4n) is 5.44. The molecule has 6 nitrogen and oxygen atoms in total. The van der Waals surface area contributed by atoms with E-state index in [1.165, 1.54) is 24.3 Å². The lowest BCUT2D eigenvalue weighted by Gasteiger charge is -2.14. The molecule has 3 aromatic rings. The van der Waals surface area contributed by atoms with Crippen LogP contribution in [0.4, 0.5) is 22.0 Å². The molecule has 5 rings (SSSR count). The minimum atomic E-state index is -4.88. The van der Waals surface area contributed by atoms with Crippen LogP contribution in [0.3, 0.4) is 0 Å². The first-order valence-corrected chi connectivity index (χ1v) is 12.6. The van der Waals surface area contributed by atoms with Crippen LogP contribution in [0, 0.1) is 72.3 Å². The van der Waals surface area contributed by atoms with Crippen LogP contribution in [0.15, 0.2) is 59.9 Å². The molecule has 0 atom stereocenters. The molecule has 0 aromatic heterocycles. The van der Waals surface area contributed by atoms with Gasteiger partial charge in [0.2, 0.25) is 5.70 Å². The zero-order valence-electron chi connectivity index (χ0n) is 22.7. The molecule has 0 bridgehead atoms. The van der Waals surface area contributed by atoms with E-state index < -0.39 is 40.3 Å². The van der Waals surface area contributed by atoms with E-state index in [9.17, 15) is 29.0 Å². The maximum absolute atomic E-state index is 15.3. The minimum absolute atomic E-state index is 0.00174. The van der Waals surface area contributed by atoms with Crippen LogP contribution in [0.1, 0.15) is 44.5 Å². The number of fused-ring (bicyclic) bond motifs is 2. The fourth-order valence-corrected chi connectivity index (χ4v) is 5.44. The lowest BCUT2D eigenvalue weighted by Crippen LogP contribution is -2.06. The number of nitriles is 3. The molecule has 0 N–H and O–H groups in total. The van der Waals surface area contributed by atoms with Crippen molar-refractivity contribution >= 4 is 33.6 Å².